The minimum atomic E-state index is -0.597. The maximum Gasteiger partial charge on any atom is 0.259 e. The summed E-state index contributed by atoms with van der Waals surface area (Å²) in [6.07, 6.45) is 1.46. The van der Waals surface area contributed by atoms with E-state index in [1.165, 1.54) is 6.20 Å². The number of anilines is 1. The van der Waals surface area contributed by atoms with Gasteiger partial charge >= 0.3 is 0 Å². The monoisotopic (exact) mass is 324 g/mol. The second kappa shape index (κ2) is 5.36. The highest BCUT2D eigenvalue weighted by Gasteiger charge is 2.13. The number of aromatic nitrogens is 1. The summed E-state index contributed by atoms with van der Waals surface area (Å²) in [5, 5.41) is 12.1. The van der Waals surface area contributed by atoms with Gasteiger partial charge in [0.25, 0.3) is 5.91 Å². The third-order valence-corrected chi connectivity index (χ3v) is 3.31. The number of aryl methyl sites for hydroxylation is 1. The SMILES string of the molecule is Cc1cc(NC(=O)c2cc(F)ccc2O)cnc1Br. The van der Waals surface area contributed by atoms with E-state index in [9.17, 15) is 14.3 Å². The van der Waals surface area contributed by atoms with E-state index in [-0.39, 0.29) is 11.3 Å². The number of carbonyl (C=O) groups is 1. The van der Waals surface area contributed by atoms with Crippen molar-refractivity contribution in [2.24, 2.45) is 0 Å². The summed E-state index contributed by atoms with van der Waals surface area (Å²) < 4.78 is 13.7. The summed E-state index contributed by atoms with van der Waals surface area (Å²) >= 11 is 3.25. The van der Waals surface area contributed by atoms with Gasteiger partial charge in [0.2, 0.25) is 0 Å². The predicted molar refractivity (Wildman–Crippen MR) is 72.7 cm³/mol. The summed E-state index contributed by atoms with van der Waals surface area (Å²) in [6, 6.07) is 4.90. The van der Waals surface area contributed by atoms with Crippen LogP contribution >= 0.6 is 15.9 Å². The first-order chi connectivity index (χ1) is 8.97. The molecule has 1 aromatic heterocycles. The smallest absolute Gasteiger partial charge is 0.259 e. The van der Waals surface area contributed by atoms with Gasteiger partial charge in [-0.3, -0.25) is 4.79 Å². The van der Waals surface area contributed by atoms with Crippen molar-refractivity contribution in [1.82, 2.24) is 4.98 Å². The lowest BCUT2D eigenvalue weighted by molar-refractivity contribution is 0.102. The van der Waals surface area contributed by atoms with Crippen LogP contribution in [-0.4, -0.2) is 16.0 Å². The van der Waals surface area contributed by atoms with E-state index in [2.05, 4.69) is 26.2 Å². The zero-order chi connectivity index (χ0) is 14.0. The lowest BCUT2D eigenvalue weighted by Gasteiger charge is -2.08. The number of benzene rings is 1. The van der Waals surface area contributed by atoms with Crippen molar-refractivity contribution < 1.29 is 14.3 Å². The van der Waals surface area contributed by atoms with Gasteiger partial charge in [-0.25, -0.2) is 9.37 Å². The standard InChI is InChI=1S/C13H10BrFN2O2/c1-7-4-9(6-16-12(7)14)17-13(19)10-5-8(15)2-3-11(10)18/h2-6,18H,1H3,(H,17,19). The van der Waals surface area contributed by atoms with Crippen LogP contribution in [-0.2, 0) is 0 Å². The molecule has 0 saturated heterocycles. The summed E-state index contributed by atoms with van der Waals surface area (Å²) in [5.41, 5.74) is 1.19. The van der Waals surface area contributed by atoms with Gasteiger partial charge in [-0.2, -0.15) is 0 Å². The normalized spacial score (nSPS) is 10.3. The molecule has 2 N–H and O–H groups in total. The summed E-state index contributed by atoms with van der Waals surface area (Å²) in [6.45, 7) is 1.83. The molecule has 0 aliphatic rings. The van der Waals surface area contributed by atoms with Crippen molar-refractivity contribution in [1.29, 1.82) is 0 Å². The van der Waals surface area contributed by atoms with Gasteiger partial charge in [0.15, 0.2) is 0 Å². The van der Waals surface area contributed by atoms with E-state index in [0.29, 0.717) is 10.3 Å². The highest BCUT2D eigenvalue weighted by atomic mass is 79.9. The van der Waals surface area contributed by atoms with E-state index in [0.717, 1.165) is 23.8 Å². The van der Waals surface area contributed by atoms with Gasteiger partial charge in [0, 0.05) is 0 Å². The van der Waals surface area contributed by atoms with Crippen LogP contribution in [0.25, 0.3) is 0 Å². The average Bonchev–Trinajstić information content (AvgIpc) is 2.36. The number of carbonyl (C=O) groups excluding carboxylic acids is 1. The number of hydrogen-bond acceptors (Lipinski definition) is 3. The van der Waals surface area contributed by atoms with E-state index < -0.39 is 11.7 Å². The molecule has 1 aromatic carbocycles. The molecule has 1 heterocycles. The van der Waals surface area contributed by atoms with Crippen LogP contribution in [0.3, 0.4) is 0 Å². The summed E-state index contributed by atoms with van der Waals surface area (Å²) in [4.78, 5) is 15.9. The van der Waals surface area contributed by atoms with Crippen molar-refractivity contribution in [3.63, 3.8) is 0 Å². The second-order valence-corrected chi connectivity index (χ2v) is 4.70. The van der Waals surface area contributed by atoms with Gasteiger partial charge in [-0.05, 0) is 52.7 Å². The van der Waals surface area contributed by atoms with Crippen molar-refractivity contribution in [3.8, 4) is 5.75 Å². The number of nitrogens with zero attached hydrogens (tertiary/aromatic N) is 1. The summed E-state index contributed by atoms with van der Waals surface area (Å²) in [5.74, 6) is -1.46. The molecule has 0 unspecified atom stereocenters. The molecule has 0 bridgehead atoms. The molecule has 6 heteroatoms. The van der Waals surface area contributed by atoms with Crippen molar-refractivity contribution in [2.75, 3.05) is 5.32 Å². The van der Waals surface area contributed by atoms with Crippen molar-refractivity contribution in [3.05, 3.63) is 52.0 Å². The maximum atomic E-state index is 13.1. The Balaban J connectivity index is 2.25. The molecule has 2 aromatic rings. The Morgan fingerprint density at radius 3 is 2.84 bits per heavy atom. The molecule has 0 radical (unpaired) electrons. The second-order valence-electron chi connectivity index (χ2n) is 3.95. The molecule has 0 spiro atoms. The molecule has 0 aliphatic heterocycles. The predicted octanol–water partition coefficient (Wildman–Crippen LogP) is 3.25. The fourth-order valence-corrected chi connectivity index (χ4v) is 1.73. The number of halogens is 2. The minimum absolute atomic E-state index is 0.124. The highest BCUT2D eigenvalue weighted by molar-refractivity contribution is 9.10. The molecule has 0 saturated carbocycles. The van der Waals surface area contributed by atoms with Crippen molar-refractivity contribution in [2.45, 2.75) is 6.92 Å². The zero-order valence-corrected chi connectivity index (χ0v) is 11.5. The fourth-order valence-electron chi connectivity index (χ4n) is 1.52. The molecule has 0 atom stereocenters. The first-order valence-corrected chi connectivity index (χ1v) is 6.18. The van der Waals surface area contributed by atoms with Crippen molar-refractivity contribution >= 4 is 27.5 Å². The van der Waals surface area contributed by atoms with E-state index >= 15 is 0 Å². The van der Waals surface area contributed by atoms with Gasteiger partial charge in [-0.1, -0.05) is 0 Å². The molecule has 19 heavy (non-hydrogen) atoms. The third-order valence-electron chi connectivity index (χ3n) is 2.48. The number of phenols is 1. The largest absolute Gasteiger partial charge is 0.507 e. The van der Waals surface area contributed by atoms with E-state index in [1.54, 1.807) is 6.07 Å². The Hall–Kier alpha value is -1.95. The molecule has 0 aliphatic carbocycles. The summed E-state index contributed by atoms with van der Waals surface area (Å²) in [7, 11) is 0. The third kappa shape index (κ3) is 3.08. The Morgan fingerprint density at radius 1 is 1.42 bits per heavy atom. The Morgan fingerprint density at radius 2 is 2.16 bits per heavy atom. The molecule has 4 nitrogen and oxygen atoms in total. The Kier molecular flexibility index (Phi) is 3.80. The van der Waals surface area contributed by atoms with Gasteiger partial charge in [0.1, 0.15) is 16.2 Å². The molecule has 0 fully saturated rings. The quantitative estimate of drug-likeness (QED) is 0.833. The van der Waals surface area contributed by atoms with Gasteiger partial charge in [0.05, 0.1) is 17.4 Å². The number of hydrogen-bond donors (Lipinski definition) is 2. The fraction of sp³-hybridized carbons (Fsp3) is 0.0769. The number of aromatic hydroxyl groups is 1. The topological polar surface area (TPSA) is 62.2 Å². The lowest BCUT2D eigenvalue weighted by Crippen LogP contribution is -2.12. The Labute approximate surface area is 117 Å². The number of pyridine rings is 1. The van der Waals surface area contributed by atoms with Gasteiger partial charge < -0.3 is 10.4 Å². The van der Waals surface area contributed by atoms with Gasteiger partial charge in [-0.15, -0.1) is 0 Å². The number of amides is 1. The lowest BCUT2D eigenvalue weighted by atomic mass is 10.1. The van der Waals surface area contributed by atoms with Crippen LogP contribution in [0, 0.1) is 12.7 Å². The minimum Gasteiger partial charge on any atom is -0.507 e. The van der Waals surface area contributed by atoms with Crippen LogP contribution in [0.15, 0.2) is 35.1 Å². The molecule has 98 valence electrons. The first kappa shape index (κ1) is 13.5. The molecular formula is C13H10BrFN2O2. The molecule has 1 amide bonds. The molecule has 2 rings (SSSR count). The maximum absolute atomic E-state index is 13.1. The number of nitrogens with one attached hydrogen (secondary N) is 1. The molecular weight excluding hydrogens is 315 g/mol. The van der Waals surface area contributed by atoms with Crippen LogP contribution in [0.2, 0.25) is 0 Å². The van der Waals surface area contributed by atoms with E-state index in [4.69, 9.17) is 0 Å². The highest BCUT2D eigenvalue weighted by Crippen LogP contribution is 2.21. The number of rotatable bonds is 2. The first-order valence-electron chi connectivity index (χ1n) is 5.39. The van der Waals surface area contributed by atoms with Crippen LogP contribution in [0.4, 0.5) is 10.1 Å². The average molecular weight is 325 g/mol. The Bertz CT molecular complexity index is 647. The van der Waals surface area contributed by atoms with Crippen LogP contribution < -0.4 is 5.32 Å². The van der Waals surface area contributed by atoms with Crippen LogP contribution in [0.5, 0.6) is 5.75 Å². The zero-order valence-electron chi connectivity index (χ0n) is 9.95. The van der Waals surface area contributed by atoms with E-state index in [1.807, 2.05) is 6.92 Å². The van der Waals surface area contributed by atoms with Crippen LogP contribution in [0.1, 0.15) is 15.9 Å². The number of phenolic OH excluding ortho intramolecular Hbond substituents is 1.